The Bertz CT molecular complexity index is 3060. The summed E-state index contributed by atoms with van der Waals surface area (Å²) in [5, 5.41) is 13.5. The van der Waals surface area contributed by atoms with Gasteiger partial charge in [-0.1, -0.05) is 32.9 Å². The molecule has 7 aromatic rings. The minimum atomic E-state index is -1.99. The summed E-state index contributed by atoms with van der Waals surface area (Å²) in [7, 11) is -0.373. The Hall–Kier alpha value is -6.90. The van der Waals surface area contributed by atoms with E-state index >= 15 is 0 Å². The van der Waals surface area contributed by atoms with Crippen molar-refractivity contribution in [2.75, 3.05) is 38.9 Å². The maximum absolute atomic E-state index is 13.9. The van der Waals surface area contributed by atoms with Gasteiger partial charge in [-0.25, -0.2) is 15.0 Å². The number of nitrogens with zero attached hydrogens (tertiary/aromatic N) is 9. The fraction of sp³-hybridized carbons (Fsp3) is 0.429. The molecule has 0 saturated heterocycles. The van der Waals surface area contributed by atoms with Crippen molar-refractivity contribution in [3.05, 3.63) is 83.0 Å². The lowest BCUT2D eigenvalue weighted by atomic mass is 10.1. The molecule has 20 heteroatoms. The number of amides is 3. The molecular weight excluding hydrogens is 897 g/mol. The average molecular weight is 961 g/mol. The number of imidazole rings is 1. The molecule has 0 aliphatic carbocycles. The first kappa shape index (κ1) is 50.0. The van der Waals surface area contributed by atoms with Gasteiger partial charge in [0.1, 0.15) is 34.1 Å². The topological polar surface area (TPSA) is 236 Å². The molecule has 0 aliphatic heterocycles. The van der Waals surface area contributed by atoms with E-state index in [0.29, 0.717) is 114 Å². The summed E-state index contributed by atoms with van der Waals surface area (Å²) in [4.78, 5) is 54.1. The predicted molar refractivity (Wildman–Crippen MR) is 268 cm³/mol. The van der Waals surface area contributed by atoms with E-state index in [1.54, 1.807) is 48.3 Å². The number of nitrogens with two attached hydrogens (primary N) is 2. The van der Waals surface area contributed by atoms with Gasteiger partial charge in [0.15, 0.2) is 14.1 Å². The minimum Gasteiger partial charge on any atom is -0.491 e. The molecule has 7 rings (SSSR count). The van der Waals surface area contributed by atoms with Crippen LogP contribution in [0.4, 0.5) is 5.95 Å². The molecule has 0 unspecified atom stereocenters. The van der Waals surface area contributed by atoms with Crippen LogP contribution in [0.1, 0.15) is 90.1 Å². The zero-order valence-electron chi connectivity index (χ0n) is 41.3. The minimum absolute atomic E-state index is 0.0608. The summed E-state index contributed by atoms with van der Waals surface area (Å²) in [6.07, 6.45) is 6.88. The number of benzene rings is 2. The fourth-order valence-corrected chi connectivity index (χ4v) is 8.99. The molecule has 0 spiro atoms. The summed E-state index contributed by atoms with van der Waals surface area (Å²) in [6.45, 7) is 21.9. The number of methoxy groups -OCH3 is 1. The standard InChI is InChI=1S/C49H64N12O7Si/c1-11-60-37(23-30(3)56-60)45-52-29-35-34-25-32(43(50)62)27-39(66-21-16-22-68-69(9,10)49(5,6)7)41(34)58(46(35)54-45)17-13-14-18-59-42-36(26-33(44(51)63)28-40(42)67-20-15-19-65-8)53-48(59)55-47(64)38-24-31(4)57-61(38)12-2/h13-14,23-29H,11-12,15-22H2,1-10H3,(H2,50,62)(H2,51,63)(H,53,55,64). The van der Waals surface area contributed by atoms with Crippen molar-refractivity contribution in [1.82, 2.24) is 43.6 Å². The Morgan fingerprint density at radius 2 is 1.36 bits per heavy atom. The SMILES string of the molecule is CCn1nc(C)cc1C(=O)Nc1nc2cc(C(N)=O)cc(OCCCOC)c2n1CC=CCn1c2nc(-c3cc(C)nn3CC)ncc2c2cc(C(N)=O)cc(OCCCO[Si](C)(C)C(C)(C)C)c21. The van der Waals surface area contributed by atoms with Crippen LogP contribution >= 0.6 is 0 Å². The van der Waals surface area contributed by atoms with Gasteiger partial charge in [0, 0.05) is 87.4 Å². The van der Waals surface area contributed by atoms with Crippen LogP contribution in [0.15, 0.2) is 54.7 Å². The first-order valence-electron chi connectivity index (χ1n) is 23.3. The number of aromatic nitrogens is 9. The van der Waals surface area contributed by atoms with Crippen LogP contribution in [-0.2, 0) is 35.3 Å². The van der Waals surface area contributed by atoms with Gasteiger partial charge in [-0.15, -0.1) is 0 Å². The number of hydrogen-bond donors (Lipinski definition) is 3. The number of carbonyl (C=O) groups is 3. The molecule has 3 amide bonds. The highest BCUT2D eigenvalue weighted by Gasteiger charge is 2.37. The molecule has 19 nitrogen and oxygen atoms in total. The van der Waals surface area contributed by atoms with Crippen LogP contribution < -0.4 is 26.3 Å². The molecule has 0 bridgehead atoms. The molecule has 5 aromatic heterocycles. The number of primary amides is 2. The number of anilines is 1. The van der Waals surface area contributed by atoms with Gasteiger partial charge in [-0.2, -0.15) is 10.2 Å². The van der Waals surface area contributed by atoms with E-state index in [4.69, 9.17) is 45.1 Å². The number of allylic oxidation sites excluding steroid dienone is 2. The van der Waals surface area contributed by atoms with Crippen molar-refractivity contribution < 1.29 is 33.0 Å². The molecule has 0 radical (unpaired) electrons. The number of hydrogen-bond acceptors (Lipinski definition) is 12. The maximum Gasteiger partial charge on any atom is 0.276 e. The molecule has 366 valence electrons. The Balaban J connectivity index is 1.32. The van der Waals surface area contributed by atoms with Crippen LogP contribution in [0.5, 0.6) is 11.5 Å². The monoisotopic (exact) mass is 960 g/mol. The molecular formula is C49H64N12O7Si. The van der Waals surface area contributed by atoms with Gasteiger partial charge in [-0.05, 0) is 82.2 Å². The molecule has 5 heterocycles. The van der Waals surface area contributed by atoms with Crippen molar-refractivity contribution >= 4 is 65.0 Å². The lowest BCUT2D eigenvalue weighted by Crippen LogP contribution is -2.41. The highest BCUT2D eigenvalue weighted by molar-refractivity contribution is 6.74. The van der Waals surface area contributed by atoms with Crippen LogP contribution in [0.2, 0.25) is 18.1 Å². The first-order chi connectivity index (χ1) is 32.8. The van der Waals surface area contributed by atoms with Crippen molar-refractivity contribution in [2.45, 2.75) is 106 Å². The van der Waals surface area contributed by atoms with E-state index in [1.165, 1.54) is 0 Å². The number of ether oxygens (including phenoxy) is 3. The van der Waals surface area contributed by atoms with Gasteiger partial charge in [0.2, 0.25) is 17.8 Å². The van der Waals surface area contributed by atoms with Gasteiger partial charge < -0.3 is 39.2 Å². The third kappa shape index (κ3) is 10.7. The molecule has 0 atom stereocenters. The van der Waals surface area contributed by atoms with Gasteiger partial charge in [-0.3, -0.25) is 29.1 Å². The van der Waals surface area contributed by atoms with E-state index in [1.807, 2.05) is 59.7 Å². The summed E-state index contributed by atoms with van der Waals surface area (Å²) in [6, 6.07) is 10.3. The molecule has 0 aliphatic rings. The lowest BCUT2D eigenvalue weighted by molar-refractivity contribution is 0.0991. The third-order valence-electron chi connectivity index (χ3n) is 12.4. The zero-order chi connectivity index (χ0) is 49.8. The number of nitrogens with one attached hydrogen (secondary N) is 1. The van der Waals surface area contributed by atoms with Gasteiger partial charge in [0.25, 0.3) is 5.91 Å². The predicted octanol–water partition coefficient (Wildman–Crippen LogP) is 7.56. The molecule has 2 aromatic carbocycles. The lowest BCUT2D eigenvalue weighted by Gasteiger charge is -2.36. The maximum atomic E-state index is 13.9. The molecule has 5 N–H and O–H groups in total. The van der Waals surface area contributed by atoms with Crippen LogP contribution in [0.25, 0.3) is 44.5 Å². The number of aryl methyl sites for hydroxylation is 4. The van der Waals surface area contributed by atoms with Gasteiger partial charge >= 0.3 is 0 Å². The van der Waals surface area contributed by atoms with E-state index in [2.05, 4.69) is 49.4 Å². The summed E-state index contributed by atoms with van der Waals surface area (Å²) in [5.74, 6) is -0.139. The summed E-state index contributed by atoms with van der Waals surface area (Å²) < 4.78 is 31.8. The van der Waals surface area contributed by atoms with Crippen molar-refractivity contribution in [3.8, 4) is 23.0 Å². The van der Waals surface area contributed by atoms with Crippen molar-refractivity contribution in [2.24, 2.45) is 11.5 Å². The molecule has 0 saturated carbocycles. The largest absolute Gasteiger partial charge is 0.491 e. The van der Waals surface area contributed by atoms with E-state index in [9.17, 15) is 14.4 Å². The summed E-state index contributed by atoms with van der Waals surface area (Å²) in [5.41, 5.74) is 17.1. The molecule has 0 fully saturated rings. The van der Waals surface area contributed by atoms with E-state index in [-0.39, 0.29) is 35.3 Å². The van der Waals surface area contributed by atoms with E-state index < -0.39 is 26.0 Å². The highest BCUT2D eigenvalue weighted by Crippen LogP contribution is 2.38. The second-order valence-corrected chi connectivity index (χ2v) is 23.2. The number of rotatable bonds is 22. The van der Waals surface area contributed by atoms with Crippen LogP contribution in [0.3, 0.4) is 0 Å². The first-order valence-corrected chi connectivity index (χ1v) is 26.2. The third-order valence-corrected chi connectivity index (χ3v) is 17.0. The second-order valence-electron chi connectivity index (χ2n) is 18.4. The smallest absolute Gasteiger partial charge is 0.276 e. The Kier molecular flexibility index (Phi) is 15.0. The normalized spacial score (nSPS) is 12.3. The van der Waals surface area contributed by atoms with Crippen molar-refractivity contribution in [1.29, 1.82) is 0 Å². The Morgan fingerprint density at radius 3 is 2.00 bits per heavy atom. The average Bonchev–Trinajstić information content (AvgIpc) is 4.06. The number of fused-ring (bicyclic) bond motifs is 4. The number of carbonyl (C=O) groups excluding carboxylic acids is 3. The van der Waals surface area contributed by atoms with Crippen LogP contribution in [0, 0.1) is 13.8 Å². The molecule has 69 heavy (non-hydrogen) atoms. The highest BCUT2D eigenvalue weighted by atomic mass is 28.4. The van der Waals surface area contributed by atoms with Crippen molar-refractivity contribution in [3.63, 3.8) is 0 Å². The fourth-order valence-electron chi connectivity index (χ4n) is 7.91. The van der Waals surface area contributed by atoms with E-state index in [0.717, 1.165) is 11.4 Å². The van der Waals surface area contributed by atoms with Crippen LogP contribution in [-0.4, -0.2) is 103 Å². The quantitative estimate of drug-likeness (QED) is 0.0339. The summed E-state index contributed by atoms with van der Waals surface area (Å²) >= 11 is 0. The van der Waals surface area contributed by atoms with Gasteiger partial charge in [0.05, 0.1) is 35.6 Å². The second kappa shape index (κ2) is 20.8. The Morgan fingerprint density at radius 1 is 0.754 bits per heavy atom. The Labute approximate surface area is 402 Å². The zero-order valence-corrected chi connectivity index (χ0v) is 42.3.